The van der Waals surface area contributed by atoms with Gasteiger partial charge >= 0.3 is 0 Å². The Kier molecular flexibility index (Phi) is 7.08. The maximum absolute atomic E-state index is 5.17. The molecule has 0 aliphatic heterocycles. The molecule has 0 atom stereocenters. The fourth-order valence-corrected chi connectivity index (χ4v) is 2.44. The molecule has 1 aromatic carbocycles. The van der Waals surface area contributed by atoms with Crippen molar-refractivity contribution in [1.29, 1.82) is 0 Å². The molecule has 24 heavy (non-hydrogen) atoms. The first-order valence-corrected chi connectivity index (χ1v) is 8.20. The molecule has 2 N–H and O–H groups in total. The van der Waals surface area contributed by atoms with Crippen molar-refractivity contribution < 1.29 is 4.74 Å². The molecule has 0 bridgehead atoms. The van der Waals surface area contributed by atoms with Crippen molar-refractivity contribution in [2.75, 3.05) is 27.2 Å². The van der Waals surface area contributed by atoms with Crippen molar-refractivity contribution in [1.82, 2.24) is 15.6 Å². The van der Waals surface area contributed by atoms with E-state index < -0.39 is 0 Å². The highest BCUT2D eigenvalue weighted by molar-refractivity contribution is 5.79. The SMILES string of the molecule is CN=C(NCCc1ccc(OC)cc1)NCCc1ccncc1C. The zero-order valence-electron chi connectivity index (χ0n) is 14.7. The number of hydrogen-bond acceptors (Lipinski definition) is 3. The second-order valence-corrected chi connectivity index (χ2v) is 5.58. The van der Waals surface area contributed by atoms with E-state index >= 15 is 0 Å². The van der Waals surface area contributed by atoms with E-state index in [0.29, 0.717) is 0 Å². The second-order valence-electron chi connectivity index (χ2n) is 5.58. The molecular formula is C19H26N4O. The zero-order chi connectivity index (χ0) is 17.2. The van der Waals surface area contributed by atoms with Gasteiger partial charge in [0.1, 0.15) is 5.75 Å². The predicted octanol–water partition coefficient (Wildman–Crippen LogP) is 2.35. The van der Waals surface area contributed by atoms with Crippen LogP contribution in [0.5, 0.6) is 5.75 Å². The highest BCUT2D eigenvalue weighted by Crippen LogP contribution is 2.11. The van der Waals surface area contributed by atoms with Gasteiger partial charge < -0.3 is 15.4 Å². The van der Waals surface area contributed by atoms with Gasteiger partial charge in [0.05, 0.1) is 7.11 Å². The molecule has 0 saturated heterocycles. The lowest BCUT2D eigenvalue weighted by molar-refractivity contribution is 0.414. The average Bonchev–Trinajstić information content (AvgIpc) is 2.62. The first kappa shape index (κ1) is 17.8. The van der Waals surface area contributed by atoms with E-state index in [1.165, 1.54) is 16.7 Å². The number of methoxy groups -OCH3 is 1. The summed E-state index contributed by atoms with van der Waals surface area (Å²) in [5.74, 6) is 1.71. The summed E-state index contributed by atoms with van der Waals surface area (Å²) in [5, 5.41) is 6.69. The molecule has 0 unspecified atom stereocenters. The Labute approximate surface area is 144 Å². The summed E-state index contributed by atoms with van der Waals surface area (Å²) in [4.78, 5) is 8.38. The number of aliphatic imine (C=N–C) groups is 1. The van der Waals surface area contributed by atoms with E-state index in [0.717, 1.165) is 37.6 Å². The van der Waals surface area contributed by atoms with Crippen LogP contribution in [0.15, 0.2) is 47.7 Å². The standard InChI is InChI=1S/C19H26N4O/c1-15-14-21-11-9-17(15)10-13-23-19(20-2)22-12-8-16-4-6-18(24-3)7-5-16/h4-7,9,11,14H,8,10,12-13H2,1-3H3,(H2,20,22,23). The molecule has 0 fully saturated rings. The highest BCUT2D eigenvalue weighted by atomic mass is 16.5. The van der Waals surface area contributed by atoms with E-state index in [9.17, 15) is 0 Å². The monoisotopic (exact) mass is 326 g/mol. The number of aromatic nitrogens is 1. The lowest BCUT2D eigenvalue weighted by Crippen LogP contribution is -2.39. The molecule has 0 amide bonds. The lowest BCUT2D eigenvalue weighted by Gasteiger charge is -2.12. The second kappa shape index (κ2) is 9.55. The van der Waals surface area contributed by atoms with Crippen LogP contribution in [0.25, 0.3) is 0 Å². The van der Waals surface area contributed by atoms with Gasteiger partial charge in [-0.25, -0.2) is 0 Å². The van der Waals surface area contributed by atoms with E-state index in [1.54, 1.807) is 14.2 Å². The van der Waals surface area contributed by atoms with Crippen molar-refractivity contribution in [2.45, 2.75) is 19.8 Å². The molecular weight excluding hydrogens is 300 g/mol. The summed E-state index contributed by atoms with van der Waals surface area (Å²) < 4.78 is 5.17. The van der Waals surface area contributed by atoms with Gasteiger partial charge in [0.25, 0.3) is 0 Å². The Morgan fingerprint density at radius 3 is 2.42 bits per heavy atom. The number of rotatable bonds is 7. The Hall–Kier alpha value is -2.56. The average molecular weight is 326 g/mol. The molecule has 0 aliphatic carbocycles. The maximum Gasteiger partial charge on any atom is 0.190 e. The van der Waals surface area contributed by atoms with Gasteiger partial charge in [0.2, 0.25) is 0 Å². The molecule has 1 aromatic heterocycles. The minimum Gasteiger partial charge on any atom is -0.497 e. The van der Waals surface area contributed by atoms with Crippen LogP contribution < -0.4 is 15.4 Å². The number of hydrogen-bond donors (Lipinski definition) is 2. The van der Waals surface area contributed by atoms with Gasteiger partial charge in [-0.15, -0.1) is 0 Å². The van der Waals surface area contributed by atoms with Crippen LogP contribution >= 0.6 is 0 Å². The highest BCUT2D eigenvalue weighted by Gasteiger charge is 2.01. The Balaban J connectivity index is 1.71. The van der Waals surface area contributed by atoms with Crippen molar-refractivity contribution in [2.24, 2.45) is 4.99 Å². The van der Waals surface area contributed by atoms with Crippen molar-refractivity contribution in [3.63, 3.8) is 0 Å². The summed E-state index contributed by atoms with van der Waals surface area (Å²) in [7, 11) is 3.47. The molecule has 5 nitrogen and oxygen atoms in total. The van der Waals surface area contributed by atoms with E-state index in [1.807, 2.05) is 24.5 Å². The fourth-order valence-electron chi connectivity index (χ4n) is 2.44. The largest absolute Gasteiger partial charge is 0.497 e. The Morgan fingerprint density at radius 1 is 1.08 bits per heavy atom. The van der Waals surface area contributed by atoms with Crippen LogP contribution in [0.2, 0.25) is 0 Å². The van der Waals surface area contributed by atoms with E-state index in [2.05, 4.69) is 45.7 Å². The number of guanidine groups is 1. The van der Waals surface area contributed by atoms with E-state index in [-0.39, 0.29) is 0 Å². The van der Waals surface area contributed by atoms with Gasteiger partial charge in [0.15, 0.2) is 5.96 Å². The third-order valence-electron chi connectivity index (χ3n) is 3.91. The Morgan fingerprint density at radius 2 is 1.79 bits per heavy atom. The summed E-state index contributed by atoms with van der Waals surface area (Å²) >= 11 is 0. The molecule has 2 rings (SSSR count). The lowest BCUT2D eigenvalue weighted by atomic mass is 10.1. The first-order valence-electron chi connectivity index (χ1n) is 8.20. The van der Waals surface area contributed by atoms with Crippen LogP contribution in [-0.4, -0.2) is 38.2 Å². The third-order valence-corrected chi connectivity index (χ3v) is 3.91. The van der Waals surface area contributed by atoms with Crippen LogP contribution in [0, 0.1) is 6.92 Å². The number of aryl methyl sites for hydroxylation is 1. The van der Waals surface area contributed by atoms with Gasteiger partial charge in [-0.1, -0.05) is 12.1 Å². The normalized spacial score (nSPS) is 11.2. The summed E-state index contributed by atoms with van der Waals surface area (Å²) in [6.45, 7) is 3.76. The van der Waals surface area contributed by atoms with Gasteiger partial charge in [-0.3, -0.25) is 9.98 Å². The van der Waals surface area contributed by atoms with E-state index in [4.69, 9.17) is 4.74 Å². The molecule has 2 aromatic rings. The number of nitrogens with zero attached hydrogens (tertiary/aromatic N) is 2. The van der Waals surface area contributed by atoms with Crippen molar-refractivity contribution in [3.8, 4) is 5.75 Å². The van der Waals surface area contributed by atoms with Crippen molar-refractivity contribution in [3.05, 3.63) is 59.4 Å². The molecule has 128 valence electrons. The number of benzene rings is 1. The minimum atomic E-state index is 0.829. The maximum atomic E-state index is 5.17. The first-order chi connectivity index (χ1) is 11.7. The number of nitrogens with one attached hydrogen (secondary N) is 2. The van der Waals surface area contributed by atoms with Crippen molar-refractivity contribution >= 4 is 5.96 Å². The Bertz CT molecular complexity index is 653. The number of ether oxygens (including phenoxy) is 1. The molecule has 5 heteroatoms. The van der Waals surface area contributed by atoms with Gasteiger partial charge in [0, 0.05) is 32.5 Å². The smallest absolute Gasteiger partial charge is 0.190 e. The summed E-state index contributed by atoms with van der Waals surface area (Å²) in [6, 6.07) is 10.2. The van der Waals surface area contributed by atoms with Gasteiger partial charge in [-0.2, -0.15) is 0 Å². The zero-order valence-corrected chi connectivity index (χ0v) is 14.7. The predicted molar refractivity (Wildman–Crippen MR) is 98.7 cm³/mol. The quantitative estimate of drug-likeness (QED) is 0.606. The van der Waals surface area contributed by atoms with Crippen LogP contribution in [0.1, 0.15) is 16.7 Å². The summed E-state index contributed by atoms with van der Waals surface area (Å²) in [5.41, 5.74) is 3.80. The number of pyridine rings is 1. The van der Waals surface area contributed by atoms with Gasteiger partial charge in [-0.05, 0) is 54.7 Å². The topological polar surface area (TPSA) is 58.5 Å². The van der Waals surface area contributed by atoms with Crippen LogP contribution in [0.4, 0.5) is 0 Å². The van der Waals surface area contributed by atoms with Crippen LogP contribution in [0.3, 0.4) is 0 Å². The molecule has 0 aliphatic rings. The molecule has 0 saturated carbocycles. The minimum absolute atomic E-state index is 0.829. The molecule has 0 spiro atoms. The fraction of sp³-hybridized carbons (Fsp3) is 0.368. The molecule has 0 radical (unpaired) electrons. The summed E-state index contributed by atoms with van der Waals surface area (Å²) in [6.07, 6.45) is 5.63. The molecule has 1 heterocycles. The third kappa shape index (κ3) is 5.57. The van der Waals surface area contributed by atoms with Crippen LogP contribution in [-0.2, 0) is 12.8 Å².